The largest absolute Gasteiger partial charge is 0.439 e. The number of hydrogen-bond acceptors (Lipinski definition) is 4. The zero-order valence-corrected chi connectivity index (χ0v) is 14.2. The molecule has 2 aromatic rings. The van der Waals surface area contributed by atoms with Crippen LogP contribution < -0.4 is 0 Å². The van der Waals surface area contributed by atoms with Crippen molar-refractivity contribution in [3.63, 3.8) is 0 Å². The number of likely N-dealkylation sites (tertiary alicyclic amines) is 1. The zero-order valence-electron chi connectivity index (χ0n) is 14.2. The minimum absolute atomic E-state index is 0.0298. The number of amides is 3. The molecule has 0 spiro atoms. The lowest BCUT2D eigenvalue weighted by molar-refractivity contribution is -0.127. The Morgan fingerprint density at radius 1 is 1.00 bits per heavy atom. The van der Waals surface area contributed by atoms with Crippen LogP contribution in [0.3, 0.4) is 0 Å². The van der Waals surface area contributed by atoms with Crippen molar-refractivity contribution in [2.75, 3.05) is 19.7 Å². The van der Waals surface area contributed by atoms with Gasteiger partial charge < -0.3 is 14.2 Å². The minimum Gasteiger partial charge on any atom is -0.439 e. The number of nitrogens with zero attached hydrogens (tertiary/aromatic N) is 3. The molecule has 0 unspecified atom stereocenters. The van der Waals surface area contributed by atoms with Crippen molar-refractivity contribution >= 4 is 17.9 Å². The predicted molar refractivity (Wildman–Crippen MR) is 92.9 cm³/mol. The Morgan fingerprint density at radius 2 is 1.65 bits per heavy atom. The minimum atomic E-state index is -0.569. The molecule has 0 radical (unpaired) electrons. The molecule has 7 heteroatoms. The first-order valence-corrected chi connectivity index (χ1v) is 8.65. The maximum atomic E-state index is 12.7. The number of carbonyl (C=O) groups excluding carboxylic acids is 3. The van der Waals surface area contributed by atoms with Gasteiger partial charge in [-0.3, -0.25) is 9.59 Å². The van der Waals surface area contributed by atoms with Crippen LogP contribution in [0.25, 0.3) is 5.69 Å². The second kappa shape index (κ2) is 6.67. The Morgan fingerprint density at radius 3 is 2.23 bits per heavy atom. The molecule has 7 nitrogen and oxygen atoms in total. The molecule has 0 saturated carbocycles. The van der Waals surface area contributed by atoms with E-state index in [-0.39, 0.29) is 24.5 Å². The second-order valence-corrected chi connectivity index (χ2v) is 6.48. The van der Waals surface area contributed by atoms with Crippen molar-refractivity contribution in [1.82, 2.24) is 14.4 Å². The Labute approximate surface area is 150 Å². The van der Waals surface area contributed by atoms with E-state index in [9.17, 15) is 14.4 Å². The SMILES string of the molecule is O=C(c1ccc(-n2cccc2)cc1)N1CCC(N2C(=O)COC2=O)CC1. The molecule has 3 amide bonds. The van der Waals surface area contributed by atoms with Gasteiger partial charge in [-0.2, -0.15) is 0 Å². The van der Waals surface area contributed by atoms with Crippen LogP contribution in [-0.4, -0.2) is 58.0 Å². The van der Waals surface area contributed by atoms with Gasteiger partial charge in [0.1, 0.15) is 0 Å². The Hall–Kier alpha value is -3.09. The lowest BCUT2D eigenvalue weighted by Crippen LogP contribution is -2.48. The van der Waals surface area contributed by atoms with Gasteiger partial charge in [0, 0.05) is 42.8 Å². The first kappa shape index (κ1) is 16.4. The van der Waals surface area contributed by atoms with Gasteiger partial charge in [0.25, 0.3) is 11.8 Å². The molecule has 4 rings (SSSR count). The Balaban J connectivity index is 1.39. The predicted octanol–water partition coefficient (Wildman–Crippen LogP) is 2.06. The summed E-state index contributed by atoms with van der Waals surface area (Å²) < 4.78 is 6.75. The fraction of sp³-hybridized carbons (Fsp3) is 0.316. The number of benzene rings is 1. The molecule has 134 valence electrons. The number of carbonyl (C=O) groups is 3. The lowest BCUT2D eigenvalue weighted by Gasteiger charge is -2.34. The topological polar surface area (TPSA) is 71.8 Å². The number of ether oxygens (including phenoxy) is 1. The van der Waals surface area contributed by atoms with Gasteiger partial charge in [0.2, 0.25) is 0 Å². The third kappa shape index (κ3) is 2.96. The fourth-order valence-electron chi connectivity index (χ4n) is 3.51. The van der Waals surface area contributed by atoms with Crippen LogP contribution >= 0.6 is 0 Å². The summed E-state index contributed by atoms with van der Waals surface area (Å²) in [5.41, 5.74) is 1.63. The fourth-order valence-corrected chi connectivity index (χ4v) is 3.51. The second-order valence-electron chi connectivity index (χ2n) is 6.48. The summed E-state index contributed by atoms with van der Waals surface area (Å²) in [6.07, 6.45) is 4.49. The Kier molecular flexibility index (Phi) is 4.20. The van der Waals surface area contributed by atoms with Crippen LogP contribution in [0.1, 0.15) is 23.2 Å². The number of hydrogen-bond donors (Lipinski definition) is 0. The van der Waals surface area contributed by atoms with Gasteiger partial charge in [-0.05, 0) is 49.2 Å². The molecule has 2 aliphatic heterocycles. The van der Waals surface area contributed by atoms with E-state index in [2.05, 4.69) is 0 Å². The molecule has 0 atom stereocenters. The van der Waals surface area contributed by atoms with Crippen LogP contribution in [0, 0.1) is 0 Å². The van der Waals surface area contributed by atoms with E-state index in [1.807, 2.05) is 53.4 Å². The van der Waals surface area contributed by atoms with Crippen molar-refractivity contribution < 1.29 is 19.1 Å². The van der Waals surface area contributed by atoms with E-state index in [0.29, 0.717) is 31.5 Å². The maximum Gasteiger partial charge on any atom is 0.417 e. The zero-order chi connectivity index (χ0) is 18.1. The summed E-state index contributed by atoms with van der Waals surface area (Å²) in [5, 5.41) is 0. The molecule has 2 aliphatic rings. The highest BCUT2D eigenvalue weighted by molar-refractivity contribution is 5.98. The van der Waals surface area contributed by atoms with Crippen LogP contribution in [0.2, 0.25) is 0 Å². The maximum absolute atomic E-state index is 12.7. The van der Waals surface area contributed by atoms with Crippen LogP contribution in [0.4, 0.5) is 4.79 Å². The average molecular weight is 353 g/mol. The van der Waals surface area contributed by atoms with Gasteiger partial charge >= 0.3 is 6.09 Å². The van der Waals surface area contributed by atoms with Gasteiger partial charge in [0.15, 0.2) is 6.61 Å². The van der Waals surface area contributed by atoms with E-state index < -0.39 is 6.09 Å². The third-order valence-corrected chi connectivity index (χ3v) is 4.92. The van der Waals surface area contributed by atoms with Crippen LogP contribution in [-0.2, 0) is 9.53 Å². The molecule has 26 heavy (non-hydrogen) atoms. The van der Waals surface area contributed by atoms with Gasteiger partial charge in [0.05, 0.1) is 0 Å². The molecule has 1 aromatic carbocycles. The van der Waals surface area contributed by atoms with Crippen LogP contribution in [0.5, 0.6) is 0 Å². The monoisotopic (exact) mass is 353 g/mol. The smallest absolute Gasteiger partial charge is 0.417 e. The number of aromatic nitrogens is 1. The van der Waals surface area contributed by atoms with E-state index in [0.717, 1.165) is 5.69 Å². The summed E-state index contributed by atoms with van der Waals surface area (Å²) in [7, 11) is 0. The highest BCUT2D eigenvalue weighted by Crippen LogP contribution is 2.22. The average Bonchev–Trinajstić information content (AvgIpc) is 3.32. The molecule has 2 fully saturated rings. The highest BCUT2D eigenvalue weighted by Gasteiger charge is 2.39. The Bertz CT molecular complexity index is 805. The van der Waals surface area contributed by atoms with Crippen molar-refractivity contribution in [2.24, 2.45) is 0 Å². The van der Waals surface area contributed by atoms with E-state index in [1.165, 1.54) is 4.90 Å². The van der Waals surface area contributed by atoms with Crippen LogP contribution in [0.15, 0.2) is 48.8 Å². The molecule has 0 bridgehead atoms. The molecule has 0 aliphatic carbocycles. The molecule has 2 saturated heterocycles. The van der Waals surface area contributed by atoms with E-state index >= 15 is 0 Å². The van der Waals surface area contributed by atoms with E-state index in [1.54, 1.807) is 4.90 Å². The quantitative estimate of drug-likeness (QED) is 0.847. The van der Waals surface area contributed by atoms with Crippen molar-refractivity contribution in [1.29, 1.82) is 0 Å². The highest BCUT2D eigenvalue weighted by atomic mass is 16.6. The third-order valence-electron chi connectivity index (χ3n) is 4.92. The molecule has 0 N–H and O–H groups in total. The normalized spacial score (nSPS) is 18.3. The summed E-state index contributed by atoms with van der Waals surface area (Å²) in [5.74, 6) is -0.321. The standard InChI is InChI=1S/C19H19N3O4/c23-17-13-26-19(25)22(17)16-7-11-21(12-8-16)18(24)14-3-5-15(6-4-14)20-9-1-2-10-20/h1-6,9-10,16H,7-8,11-13H2. The summed E-state index contributed by atoms with van der Waals surface area (Å²) in [6.45, 7) is 0.853. The van der Waals surface area contributed by atoms with Crippen molar-refractivity contribution in [2.45, 2.75) is 18.9 Å². The van der Waals surface area contributed by atoms with Gasteiger partial charge in [-0.1, -0.05) is 0 Å². The molecule has 1 aromatic heterocycles. The number of piperidine rings is 1. The van der Waals surface area contributed by atoms with Crippen molar-refractivity contribution in [3.05, 3.63) is 54.4 Å². The first-order chi connectivity index (χ1) is 12.6. The lowest BCUT2D eigenvalue weighted by atomic mass is 10.0. The number of rotatable bonds is 3. The number of cyclic esters (lactones) is 1. The number of imide groups is 1. The molecular weight excluding hydrogens is 334 g/mol. The van der Waals surface area contributed by atoms with Crippen molar-refractivity contribution in [3.8, 4) is 5.69 Å². The van der Waals surface area contributed by atoms with Gasteiger partial charge in [-0.25, -0.2) is 9.69 Å². The van der Waals surface area contributed by atoms with Gasteiger partial charge in [-0.15, -0.1) is 0 Å². The van der Waals surface area contributed by atoms with E-state index in [4.69, 9.17) is 4.74 Å². The summed E-state index contributed by atoms with van der Waals surface area (Å²) in [4.78, 5) is 39.1. The summed E-state index contributed by atoms with van der Waals surface area (Å²) >= 11 is 0. The molecule has 3 heterocycles. The molecular formula is C19H19N3O4. The summed E-state index contributed by atoms with van der Waals surface area (Å²) in [6, 6.07) is 11.2. The first-order valence-electron chi connectivity index (χ1n) is 8.65.